The van der Waals surface area contributed by atoms with E-state index in [4.69, 9.17) is 5.26 Å². The topological polar surface area (TPSA) is 78.2 Å². The molecule has 0 aromatic rings. The van der Waals surface area contributed by atoms with Gasteiger partial charge in [0, 0.05) is 24.9 Å². The fraction of sp³-hybridized carbons (Fsp3) is 0.818. The Balaban J connectivity index is 2.18. The maximum atomic E-state index is 11.9. The van der Waals surface area contributed by atoms with Crippen LogP contribution >= 0.6 is 0 Å². The Bertz CT molecular complexity index is 452. The van der Waals surface area contributed by atoms with E-state index in [1.165, 1.54) is 4.31 Å². The van der Waals surface area contributed by atoms with Crippen molar-refractivity contribution >= 4 is 15.8 Å². The molecule has 0 bridgehead atoms. The van der Waals surface area contributed by atoms with Crippen LogP contribution in [0.2, 0.25) is 0 Å². The van der Waals surface area contributed by atoms with Crippen molar-refractivity contribution in [1.29, 1.82) is 5.26 Å². The summed E-state index contributed by atoms with van der Waals surface area (Å²) in [4.78, 5) is 11.7. The summed E-state index contributed by atoms with van der Waals surface area (Å²) < 4.78 is 25.2. The van der Waals surface area contributed by atoms with Gasteiger partial charge in [-0.25, -0.2) is 8.42 Å². The number of rotatable bonds is 3. The zero-order valence-electron chi connectivity index (χ0n) is 9.63. The quantitative estimate of drug-likeness (QED) is 0.743. The summed E-state index contributed by atoms with van der Waals surface area (Å²) in [7, 11) is -3.50. The molecule has 0 spiro atoms. The lowest BCUT2D eigenvalue weighted by Gasteiger charge is -2.26. The predicted octanol–water partition coefficient (Wildman–Crippen LogP) is 0.673. The molecule has 17 heavy (non-hydrogen) atoms. The van der Waals surface area contributed by atoms with Gasteiger partial charge in [0.1, 0.15) is 5.78 Å². The van der Waals surface area contributed by atoms with E-state index in [-0.39, 0.29) is 17.7 Å². The van der Waals surface area contributed by atoms with Gasteiger partial charge >= 0.3 is 0 Å². The van der Waals surface area contributed by atoms with E-state index >= 15 is 0 Å². The molecule has 0 radical (unpaired) electrons. The molecule has 0 aromatic heterocycles. The molecule has 0 N–H and O–H groups in total. The molecule has 2 fully saturated rings. The van der Waals surface area contributed by atoms with E-state index in [1.807, 2.05) is 0 Å². The molecule has 1 saturated carbocycles. The Kier molecular flexibility index (Phi) is 3.50. The Morgan fingerprint density at radius 3 is 2.71 bits per heavy atom. The minimum Gasteiger partial charge on any atom is -0.299 e. The molecule has 2 aliphatic rings. The van der Waals surface area contributed by atoms with Crippen molar-refractivity contribution < 1.29 is 13.2 Å². The molecule has 5 nitrogen and oxygen atoms in total. The first-order chi connectivity index (χ1) is 8.06. The molecule has 1 saturated heterocycles. The van der Waals surface area contributed by atoms with Crippen LogP contribution in [0, 0.1) is 17.2 Å². The van der Waals surface area contributed by atoms with Gasteiger partial charge in [-0.05, 0) is 25.7 Å². The number of ketones is 1. The number of hydrogen-bond acceptors (Lipinski definition) is 4. The summed E-state index contributed by atoms with van der Waals surface area (Å²) in [6.07, 6.45) is 3.78. The fourth-order valence-corrected chi connectivity index (χ4v) is 4.33. The average molecular weight is 256 g/mol. The van der Waals surface area contributed by atoms with Gasteiger partial charge in [0.05, 0.1) is 6.07 Å². The lowest BCUT2D eigenvalue weighted by molar-refractivity contribution is -0.121. The van der Waals surface area contributed by atoms with Crippen LogP contribution in [-0.4, -0.2) is 36.8 Å². The van der Waals surface area contributed by atoms with Crippen molar-refractivity contribution in [3.8, 4) is 6.07 Å². The molecule has 2 unspecified atom stereocenters. The Morgan fingerprint density at radius 2 is 2.12 bits per heavy atom. The highest BCUT2D eigenvalue weighted by molar-refractivity contribution is 7.89. The molecule has 2 atom stereocenters. The molecule has 0 amide bonds. The Hall–Kier alpha value is -0.930. The molecule has 2 rings (SSSR count). The molecule has 1 heterocycles. The maximum Gasteiger partial charge on any atom is 0.227 e. The largest absolute Gasteiger partial charge is 0.299 e. The van der Waals surface area contributed by atoms with E-state index < -0.39 is 15.8 Å². The van der Waals surface area contributed by atoms with Crippen LogP contribution < -0.4 is 0 Å². The van der Waals surface area contributed by atoms with Gasteiger partial charge in [-0.1, -0.05) is 0 Å². The number of hydrogen-bond donors (Lipinski definition) is 0. The summed E-state index contributed by atoms with van der Waals surface area (Å²) in [5.74, 6) is -0.426. The summed E-state index contributed by atoms with van der Waals surface area (Å²) in [6, 6.07) is 1.50. The third kappa shape index (κ3) is 2.35. The first-order valence-electron chi connectivity index (χ1n) is 5.95. The zero-order valence-corrected chi connectivity index (χ0v) is 10.4. The van der Waals surface area contributed by atoms with Gasteiger partial charge in [-0.15, -0.1) is 0 Å². The number of sulfonamides is 1. The van der Waals surface area contributed by atoms with Crippen LogP contribution in [0.25, 0.3) is 0 Å². The van der Waals surface area contributed by atoms with Crippen LogP contribution in [0.4, 0.5) is 0 Å². The second-order valence-electron chi connectivity index (χ2n) is 4.70. The molecule has 6 heteroatoms. The van der Waals surface area contributed by atoms with Gasteiger partial charge in [-0.2, -0.15) is 9.57 Å². The number of nitrogens with zero attached hydrogens (tertiary/aromatic N) is 2. The minimum atomic E-state index is -3.50. The third-order valence-corrected chi connectivity index (χ3v) is 5.33. The van der Waals surface area contributed by atoms with Crippen molar-refractivity contribution in [2.75, 3.05) is 12.3 Å². The summed E-state index contributed by atoms with van der Waals surface area (Å²) in [6.45, 7) is 0.457. The van der Waals surface area contributed by atoms with Gasteiger partial charge < -0.3 is 0 Å². The Labute approximate surface area is 101 Å². The van der Waals surface area contributed by atoms with Crippen LogP contribution in [-0.2, 0) is 14.8 Å². The number of carbonyl (C=O) groups is 1. The minimum absolute atomic E-state index is 0.133. The zero-order chi connectivity index (χ0) is 12.5. The normalized spacial score (nSPS) is 30.6. The number of carbonyl (C=O) groups excluding carboxylic acids is 1. The summed E-state index contributed by atoms with van der Waals surface area (Å²) in [5, 5.41) is 8.54. The first kappa shape index (κ1) is 12.5. The highest BCUT2D eigenvalue weighted by Crippen LogP contribution is 2.34. The van der Waals surface area contributed by atoms with E-state index in [2.05, 4.69) is 0 Å². The predicted molar refractivity (Wildman–Crippen MR) is 61.5 cm³/mol. The van der Waals surface area contributed by atoms with Crippen LogP contribution in [0.3, 0.4) is 0 Å². The molecule has 0 aromatic carbocycles. The highest BCUT2D eigenvalue weighted by atomic mass is 32.2. The molecular formula is C11H16N2O3S. The van der Waals surface area contributed by atoms with Gasteiger partial charge in [0.2, 0.25) is 10.0 Å². The van der Waals surface area contributed by atoms with Crippen molar-refractivity contribution in [1.82, 2.24) is 4.31 Å². The van der Waals surface area contributed by atoms with E-state index in [1.54, 1.807) is 6.07 Å². The summed E-state index contributed by atoms with van der Waals surface area (Å²) in [5.41, 5.74) is 0. The summed E-state index contributed by atoms with van der Waals surface area (Å²) >= 11 is 0. The van der Waals surface area contributed by atoms with Crippen LogP contribution in [0.1, 0.15) is 32.1 Å². The van der Waals surface area contributed by atoms with Crippen molar-refractivity contribution in [3.05, 3.63) is 0 Å². The second-order valence-corrected chi connectivity index (χ2v) is 6.62. The van der Waals surface area contributed by atoms with Gasteiger partial charge in [0.15, 0.2) is 5.75 Å². The maximum absolute atomic E-state index is 11.9. The fourth-order valence-electron chi connectivity index (χ4n) is 2.93. The first-order valence-corrected chi connectivity index (χ1v) is 7.56. The molecule has 1 aliphatic carbocycles. The molecule has 94 valence electrons. The van der Waals surface area contributed by atoms with Crippen LogP contribution in [0.5, 0.6) is 0 Å². The van der Waals surface area contributed by atoms with E-state index in [9.17, 15) is 13.2 Å². The monoisotopic (exact) mass is 256 g/mol. The SMILES string of the molecule is N#CCS(=O)(=O)N1CCCC1C1CCCC1=O. The smallest absolute Gasteiger partial charge is 0.227 e. The molecular weight excluding hydrogens is 240 g/mol. The third-order valence-electron chi connectivity index (χ3n) is 3.67. The lowest BCUT2D eigenvalue weighted by atomic mass is 9.96. The second kappa shape index (κ2) is 4.75. The average Bonchev–Trinajstić information content (AvgIpc) is 2.85. The highest BCUT2D eigenvalue weighted by Gasteiger charge is 2.42. The van der Waals surface area contributed by atoms with Gasteiger partial charge in [0.25, 0.3) is 0 Å². The van der Waals surface area contributed by atoms with E-state index in [0.29, 0.717) is 13.0 Å². The van der Waals surface area contributed by atoms with Crippen molar-refractivity contribution in [2.24, 2.45) is 5.92 Å². The van der Waals surface area contributed by atoms with Crippen molar-refractivity contribution in [2.45, 2.75) is 38.1 Å². The number of nitriles is 1. The van der Waals surface area contributed by atoms with Gasteiger partial charge in [-0.3, -0.25) is 4.79 Å². The van der Waals surface area contributed by atoms with E-state index in [0.717, 1.165) is 25.7 Å². The lowest BCUT2D eigenvalue weighted by Crippen LogP contribution is -2.42. The van der Waals surface area contributed by atoms with Crippen molar-refractivity contribution in [3.63, 3.8) is 0 Å². The Morgan fingerprint density at radius 1 is 1.35 bits per heavy atom. The standard InChI is InChI=1S/C11H16N2O3S/c12-6-8-17(15,16)13-7-2-4-10(13)9-3-1-5-11(9)14/h9-10H,1-5,7-8H2. The number of Topliss-reactive ketones (excluding diaryl/α,β-unsaturated/α-hetero) is 1. The molecule has 1 aliphatic heterocycles. The van der Waals surface area contributed by atoms with Crippen LogP contribution in [0.15, 0.2) is 0 Å².